The molecule has 22 heavy (non-hydrogen) atoms. The monoisotopic (exact) mass is 305 g/mol. The molecule has 1 aliphatic rings. The van der Waals surface area contributed by atoms with Crippen LogP contribution in [0.5, 0.6) is 11.5 Å². The number of ether oxygens (including phenoxy) is 2. The summed E-state index contributed by atoms with van der Waals surface area (Å²) in [6.07, 6.45) is 1.91. The Morgan fingerprint density at radius 3 is 2.59 bits per heavy atom. The molecule has 3 amide bonds. The fraction of sp³-hybridized carbons (Fsp3) is 0.400. The molecule has 118 valence electrons. The number of urea groups is 1. The van der Waals surface area contributed by atoms with E-state index in [1.54, 1.807) is 32.2 Å². The van der Waals surface area contributed by atoms with E-state index in [1.807, 2.05) is 6.92 Å². The third kappa shape index (κ3) is 2.74. The zero-order valence-corrected chi connectivity index (χ0v) is 13.0. The van der Waals surface area contributed by atoms with Crippen molar-refractivity contribution in [3.05, 3.63) is 23.8 Å². The van der Waals surface area contributed by atoms with Crippen molar-refractivity contribution in [1.82, 2.24) is 10.3 Å². The van der Waals surface area contributed by atoms with Crippen LogP contribution in [0.3, 0.4) is 0 Å². The highest BCUT2D eigenvalue weighted by molar-refractivity contribution is 6.07. The van der Waals surface area contributed by atoms with Crippen molar-refractivity contribution in [1.29, 1.82) is 0 Å². The number of carbonyl (C=O) groups is 2. The number of nitrogens with zero attached hydrogens (tertiary/aromatic N) is 2. The first kappa shape index (κ1) is 15.8. The molecule has 1 fully saturated rings. The number of hydrogen-bond acceptors (Lipinski definition) is 5. The Balaban J connectivity index is 2.26. The van der Waals surface area contributed by atoms with Crippen LogP contribution in [-0.4, -0.2) is 42.9 Å². The van der Waals surface area contributed by atoms with Crippen LogP contribution < -0.4 is 14.8 Å². The van der Waals surface area contributed by atoms with Crippen molar-refractivity contribution in [2.75, 3.05) is 14.2 Å². The minimum absolute atomic E-state index is 0.372. The van der Waals surface area contributed by atoms with Gasteiger partial charge >= 0.3 is 6.03 Å². The maximum atomic E-state index is 12.2. The van der Waals surface area contributed by atoms with Gasteiger partial charge in [-0.3, -0.25) is 4.79 Å². The maximum Gasteiger partial charge on any atom is 0.346 e. The van der Waals surface area contributed by atoms with E-state index in [2.05, 4.69) is 10.4 Å². The Labute approximate surface area is 128 Å². The summed E-state index contributed by atoms with van der Waals surface area (Å²) in [6, 6.07) is 4.64. The molecule has 1 saturated heterocycles. The third-order valence-electron chi connectivity index (χ3n) is 3.70. The molecule has 0 spiro atoms. The summed E-state index contributed by atoms with van der Waals surface area (Å²) in [5.41, 5.74) is -0.271. The van der Waals surface area contributed by atoms with Crippen LogP contribution in [0, 0.1) is 0 Å². The highest BCUT2D eigenvalue weighted by atomic mass is 16.5. The minimum Gasteiger partial charge on any atom is -0.497 e. The Morgan fingerprint density at radius 1 is 1.32 bits per heavy atom. The fourth-order valence-corrected chi connectivity index (χ4v) is 2.06. The molecule has 1 N–H and O–H groups in total. The van der Waals surface area contributed by atoms with Crippen molar-refractivity contribution in [2.24, 2.45) is 5.10 Å². The van der Waals surface area contributed by atoms with Gasteiger partial charge in [0.1, 0.15) is 17.0 Å². The van der Waals surface area contributed by atoms with Gasteiger partial charge in [0.05, 0.1) is 20.4 Å². The summed E-state index contributed by atoms with van der Waals surface area (Å²) >= 11 is 0. The highest BCUT2D eigenvalue weighted by Crippen LogP contribution is 2.24. The third-order valence-corrected chi connectivity index (χ3v) is 3.70. The summed E-state index contributed by atoms with van der Waals surface area (Å²) in [5.74, 6) is 0.805. The zero-order valence-electron chi connectivity index (χ0n) is 13.0. The van der Waals surface area contributed by atoms with Crippen LogP contribution in [-0.2, 0) is 4.79 Å². The predicted octanol–water partition coefficient (Wildman–Crippen LogP) is 1.76. The molecule has 1 aliphatic heterocycles. The van der Waals surface area contributed by atoms with E-state index in [1.165, 1.54) is 13.3 Å². The Morgan fingerprint density at radius 2 is 2.05 bits per heavy atom. The number of imide groups is 1. The number of carbonyl (C=O) groups excluding carboxylic acids is 2. The van der Waals surface area contributed by atoms with E-state index in [4.69, 9.17) is 9.47 Å². The minimum atomic E-state index is -0.904. The van der Waals surface area contributed by atoms with Crippen LogP contribution in [0.1, 0.15) is 25.8 Å². The van der Waals surface area contributed by atoms with E-state index < -0.39 is 11.6 Å². The van der Waals surface area contributed by atoms with Crippen LogP contribution in [0.25, 0.3) is 0 Å². The fourth-order valence-electron chi connectivity index (χ4n) is 2.06. The molecular formula is C15H19N3O4. The molecule has 1 aromatic rings. The summed E-state index contributed by atoms with van der Waals surface area (Å²) in [7, 11) is 3.08. The Kier molecular flexibility index (Phi) is 4.35. The van der Waals surface area contributed by atoms with Gasteiger partial charge in [0.2, 0.25) is 0 Å². The van der Waals surface area contributed by atoms with Gasteiger partial charge in [-0.2, -0.15) is 5.10 Å². The molecule has 0 aromatic heterocycles. The molecule has 2 rings (SSSR count). The lowest BCUT2D eigenvalue weighted by Gasteiger charge is -2.17. The second kappa shape index (κ2) is 6.05. The molecule has 0 bridgehead atoms. The second-order valence-corrected chi connectivity index (χ2v) is 5.09. The Bertz CT molecular complexity index is 629. The Hall–Kier alpha value is -2.57. The molecular weight excluding hydrogens is 286 g/mol. The average Bonchev–Trinajstić information content (AvgIpc) is 2.75. The molecule has 0 saturated carbocycles. The number of hydrogen-bond donors (Lipinski definition) is 1. The van der Waals surface area contributed by atoms with Gasteiger partial charge in [-0.05, 0) is 25.5 Å². The summed E-state index contributed by atoms with van der Waals surface area (Å²) in [6.45, 7) is 3.51. The number of amides is 3. The van der Waals surface area contributed by atoms with Gasteiger partial charge < -0.3 is 14.8 Å². The second-order valence-electron chi connectivity index (χ2n) is 5.09. The lowest BCUT2D eigenvalue weighted by Crippen LogP contribution is -2.42. The first-order valence-electron chi connectivity index (χ1n) is 6.88. The van der Waals surface area contributed by atoms with E-state index >= 15 is 0 Å². The SMILES string of the molecule is CCC1(C)NC(=O)N(/N=C/c2ccc(OC)cc2OC)C1=O. The first-order chi connectivity index (χ1) is 10.4. The predicted molar refractivity (Wildman–Crippen MR) is 81.2 cm³/mol. The van der Waals surface area contributed by atoms with Gasteiger partial charge in [-0.25, -0.2) is 4.79 Å². The standard InChI is InChI=1S/C15H19N3O4/c1-5-15(2)13(19)18(14(20)17-15)16-9-10-6-7-11(21-3)8-12(10)22-4/h6-9H,5H2,1-4H3,(H,17,20)/b16-9+. The number of hydrazone groups is 1. The number of rotatable bonds is 5. The lowest BCUT2D eigenvalue weighted by atomic mass is 10.00. The molecule has 1 heterocycles. The quantitative estimate of drug-likeness (QED) is 0.664. The zero-order chi connectivity index (χ0) is 16.3. The van der Waals surface area contributed by atoms with Gasteiger partial charge in [0, 0.05) is 11.6 Å². The van der Waals surface area contributed by atoms with Crippen LogP contribution >= 0.6 is 0 Å². The van der Waals surface area contributed by atoms with Crippen molar-refractivity contribution in [3.63, 3.8) is 0 Å². The smallest absolute Gasteiger partial charge is 0.346 e. The van der Waals surface area contributed by atoms with Crippen molar-refractivity contribution in [3.8, 4) is 11.5 Å². The number of nitrogens with one attached hydrogen (secondary N) is 1. The highest BCUT2D eigenvalue weighted by Gasteiger charge is 2.46. The molecule has 1 atom stereocenters. The molecule has 1 aromatic carbocycles. The van der Waals surface area contributed by atoms with Gasteiger partial charge in [-0.15, -0.1) is 5.01 Å². The van der Waals surface area contributed by atoms with Gasteiger partial charge in [0.15, 0.2) is 0 Å². The average molecular weight is 305 g/mol. The normalized spacial score (nSPS) is 21.4. The van der Waals surface area contributed by atoms with E-state index in [0.717, 1.165) is 5.01 Å². The van der Waals surface area contributed by atoms with Crippen LogP contribution in [0.2, 0.25) is 0 Å². The molecule has 1 unspecified atom stereocenters. The van der Waals surface area contributed by atoms with E-state index in [0.29, 0.717) is 23.5 Å². The first-order valence-corrected chi connectivity index (χ1v) is 6.88. The van der Waals surface area contributed by atoms with Gasteiger partial charge in [0.25, 0.3) is 5.91 Å². The van der Waals surface area contributed by atoms with E-state index in [-0.39, 0.29) is 5.91 Å². The van der Waals surface area contributed by atoms with Crippen molar-refractivity contribution < 1.29 is 19.1 Å². The van der Waals surface area contributed by atoms with E-state index in [9.17, 15) is 9.59 Å². The molecule has 0 aliphatic carbocycles. The number of benzene rings is 1. The number of methoxy groups -OCH3 is 2. The summed E-state index contributed by atoms with van der Waals surface area (Å²) < 4.78 is 10.4. The lowest BCUT2D eigenvalue weighted by molar-refractivity contribution is -0.130. The molecule has 7 nitrogen and oxygen atoms in total. The largest absolute Gasteiger partial charge is 0.497 e. The molecule has 7 heteroatoms. The van der Waals surface area contributed by atoms with Gasteiger partial charge in [-0.1, -0.05) is 6.92 Å². The summed E-state index contributed by atoms with van der Waals surface area (Å²) in [4.78, 5) is 24.1. The van der Waals surface area contributed by atoms with Crippen molar-refractivity contribution in [2.45, 2.75) is 25.8 Å². The van der Waals surface area contributed by atoms with Crippen LogP contribution in [0.4, 0.5) is 4.79 Å². The van der Waals surface area contributed by atoms with Crippen LogP contribution in [0.15, 0.2) is 23.3 Å². The topological polar surface area (TPSA) is 80.2 Å². The van der Waals surface area contributed by atoms with Crippen molar-refractivity contribution >= 4 is 18.2 Å². The maximum absolute atomic E-state index is 12.2. The molecule has 0 radical (unpaired) electrons. The summed E-state index contributed by atoms with van der Waals surface area (Å²) in [5, 5.41) is 7.46.